The molecule has 0 radical (unpaired) electrons. The molecule has 0 bridgehead atoms. The zero-order chi connectivity index (χ0) is 24.1. The molecule has 1 amide bonds. The van der Waals surface area contributed by atoms with E-state index in [1.54, 1.807) is 31.4 Å². The SMILES string of the molecule is C=C(c1ccccc1)c1cc(-c2ccccc2)cc(C(C)C)c1NC(=O)c1ccc(OC)cc1. The number of benzene rings is 4. The standard InChI is InChI=1S/C31H29NO2/c1-21(2)28-19-26(24-13-9-6-10-14-24)20-29(22(3)23-11-7-5-8-12-23)30(28)32-31(33)25-15-17-27(34-4)18-16-25/h5-21H,3H2,1-2,4H3,(H,32,33). The fourth-order valence-corrected chi connectivity index (χ4v) is 4.02. The van der Waals surface area contributed by atoms with Gasteiger partial charge in [0.1, 0.15) is 5.75 Å². The van der Waals surface area contributed by atoms with Gasteiger partial charge in [-0.15, -0.1) is 0 Å². The molecule has 1 N–H and O–H groups in total. The Kier molecular flexibility index (Phi) is 6.93. The molecule has 4 aromatic rings. The third kappa shape index (κ3) is 4.94. The van der Waals surface area contributed by atoms with E-state index in [0.717, 1.165) is 39.1 Å². The third-order valence-electron chi connectivity index (χ3n) is 5.94. The zero-order valence-electron chi connectivity index (χ0n) is 19.8. The summed E-state index contributed by atoms with van der Waals surface area (Å²) >= 11 is 0. The number of ether oxygens (including phenoxy) is 1. The lowest BCUT2D eigenvalue weighted by atomic mass is 9.88. The predicted molar refractivity (Wildman–Crippen MR) is 141 cm³/mol. The van der Waals surface area contributed by atoms with Crippen molar-refractivity contribution in [2.45, 2.75) is 19.8 Å². The molecule has 3 heteroatoms. The van der Waals surface area contributed by atoms with Crippen LogP contribution in [0.15, 0.2) is 104 Å². The normalized spacial score (nSPS) is 10.7. The van der Waals surface area contributed by atoms with Crippen LogP contribution in [0.2, 0.25) is 0 Å². The zero-order valence-corrected chi connectivity index (χ0v) is 19.8. The number of hydrogen-bond acceptors (Lipinski definition) is 2. The molecule has 0 aromatic heterocycles. The van der Waals surface area contributed by atoms with E-state index in [9.17, 15) is 4.79 Å². The van der Waals surface area contributed by atoms with Crippen LogP contribution < -0.4 is 10.1 Å². The predicted octanol–water partition coefficient (Wildman–Crippen LogP) is 7.80. The first-order chi connectivity index (χ1) is 16.5. The van der Waals surface area contributed by atoms with E-state index < -0.39 is 0 Å². The maximum absolute atomic E-state index is 13.3. The van der Waals surface area contributed by atoms with Crippen LogP contribution in [-0.2, 0) is 0 Å². The molecule has 34 heavy (non-hydrogen) atoms. The van der Waals surface area contributed by atoms with Crippen molar-refractivity contribution in [3.8, 4) is 16.9 Å². The van der Waals surface area contributed by atoms with Crippen molar-refractivity contribution in [2.75, 3.05) is 12.4 Å². The Hall–Kier alpha value is -4.11. The fraction of sp³-hybridized carbons (Fsp3) is 0.129. The second-order valence-corrected chi connectivity index (χ2v) is 8.54. The van der Waals surface area contributed by atoms with Gasteiger partial charge in [-0.3, -0.25) is 4.79 Å². The van der Waals surface area contributed by atoms with E-state index in [1.165, 1.54) is 0 Å². The van der Waals surface area contributed by atoms with Crippen LogP contribution in [0.5, 0.6) is 5.75 Å². The van der Waals surface area contributed by atoms with Crippen LogP contribution in [0, 0.1) is 0 Å². The maximum atomic E-state index is 13.3. The van der Waals surface area contributed by atoms with Crippen molar-refractivity contribution < 1.29 is 9.53 Å². The van der Waals surface area contributed by atoms with E-state index in [-0.39, 0.29) is 11.8 Å². The van der Waals surface area contributed by atoms with Gasteiger partial charge in [0.15, 0.2) is 0 Å². The topological polar surface area (TPSA) is 38.3 Å². The molecule has 0 saturated carbocycles. The summed E-state index contributed by atoms with van der Waals surface area (Å²) in [4.78, 5) is 13.3. The Morgan fingerprint density at radius 2 is 1.41 bits per heavy atom. The number of methoxy groups -OCH3 is 1. The second kappa shape index (κ2) is 10.2. The minimum atomic E-state index is -0.167. The number of amides is 1. The third-order valence-corrected chi connectivity index (χ3v) is 5.94. The van der Waals surface area contributed by atoms with E-state index in [1.807, 2.05) is 48.5 Å². The van der Waals surface area contributed by atoms with Crippen molar-refractivity contribution in [3.05, 3.63) is 126 Å². The van der Waals surface area contributed by atoms with Gasteiger partial charge in [0, 0.05) is 11.1 Å². The molecule has 0 spiro atoms. The Balaban J connectivity index is 1.85. The van der Waals surface area contributed by atoms with Gasteiger partial charge in [0.05, 0.1) is 12.8 Å². The largest absolute Gasteiger partial charge is 0.497 e. The molecule has 4 aromatic carbocycles. The van der Waals surface area contributed by atoms with Crippen molar-refractivity contribution in [1.29, 1.82) is 0 Å². The first-order valence-electron chi connectivity index (χ1n) is 11.4. The van der Waals surface area contributed by atoms with Gasteiger partial charge in [-0.05, 0) is 70.1 Å². The smallest absolute Gasteiger partial charge is 0.255 e. The van der Waals surface area contributed by atoms with Crippen molar-refractivity contribution in [1.82, 2.24) is 0 Å². The van der Waals surface area contributed by atoms with Gasteiger partial charge in [-0.25, -0.2) is 0 Å². The average Bonchev–Trinajstić information content (AvgIpc) is 2.89. The molecular weight excluding hydrogens is 418 g/mol. The van der Waals surface area contributed by atoms with Crippen LogP contribution in [-0.4, -0.2) is 13.0 Å². The number of carbonyl (C=O) groups excluding carboxylic acids is 1. The lowest BCUT2D eigenvalue weighted by Crippen LogP contribution is -2.15. The monoisotopic (exact) mass is 447 g/mol. The first-order valence-corrected chi connectivity index (χ1v) is 11.4. The number of nitrogens with one attached hydrogen (secondary N) is 1. The van der Waals surface area contributed by atoms with E-state index in [4.69, 9.17) is 4.74 Å². The van der Waals surface area contributed by atoms with E-state index in [2.05, 4.69) is 50.0 Å². The molecular formula is C31H29NO2. The van der Waals surface area contributed by atoms with Gasteiger partial charge >= 0.3 is 0 Å². The number of anilines is 1. The van der Waals surface area contributed by atoms with Crippen molar-refractivity contribution in [2.24, 2.45) is 0 Å². The van der Waals surface area contributed by atoms with Crippen LogP contribution >= 0.6 is 0 Å². The number of rotatable bonds is 7. The summed E-state index contributed by atoms with van der Waals surface area (Å²) < 4.78 is 5.23. The summed E-state index contributed by atoms with van der Waals surface area (Å²) in [6.07, 6.45) is 0. The Bertz CT molecular complexity index is 1290. The molecule has 0 fully saturated rings. The second-order valence-electron chi connectivity index (χ2n) is 8.54. The Morgan fingerprint density at radius 1 is 0.794 bits per heavy atom. The summed E-state index contributed by atoms with van der Waals surface area (Å²) in [6.45, 7) is 8.71. The highest BCUT2D eigenvalue weighted by Gasteiger charge is 2.20. The van der Waals surface area contributed by atoms with Crippen LogP contribution in [0.4, 0.5) is 5.69 Å². The summed E-state index contributed by atoms with van der Waals surface area (Å²) in [5.74, 6) is 0.737. The average molecular weight is 448 g/mol. The van der Waals surface area contributed by atoms with Gasteiger partial charge in [0.25, 0.3) is 5.91 Å². The molecule has 170 valence electrons. The summed E-state index contributed by atoms with van der Waals surface area (Å²) in [5, 5.41) is 3.20. The molecule has 0 unspecified atom stereocenters. The fourth-order valence-electron chi connectivity index (χ4n) is 4.02. The summed E-state index contributed by atoms with van der Waals surface area (Å²) in [6, 6.07) is 31.8. The molecule has 4 rings (SSSR count). The molecule has 0 heterocycles. The highest BCUT2D eigenvalue weighted by molar-refractivity contribution is 6.07. The number of carbonyl (C=O) groups is 1. The van der Waals surface area contributed by atoms with Gasteiger partial charge < -0.3 is 10.1 Å². The minimum absolute atomic E-state index is 0.167. The van der Waals surface area contributed by atoms with E-state index >= 15 is 0 Å². The van der Waals surface area contributed by atoms with Crippen LogP contribution in [0.25, 0.3) is 16.7 Å². The summed E-state index contributed by atoms with van der Waals surface area (Å²) in [5.41, 5.74) is 7.45. The Labute approximate surface area is 201 Å². The summed E-state index contributed by atoms with van der Waals surface area (Å²) in [7, 11) is 1.61. The van der Waals surface area contributed by atoms with Gasteiger partial charge in [-0.2, -0.15) is 0 Å². The maximum Gasteiger partial charge on any atom is 0.255 e. The lowest BCUT2D eigenvalue weighted by molar-refractivity contribution is 0.102. The van der Waals surface area contributed by atoms with Gasteiger partial charge in [0.2, 0.25) is 0 Å². The lowest BCUT2D eigenvalue weighted by Gasteiger charge is -2.22. The van der Waals surface area contributed by atoms with E-state index in [0.29, 0.717) is 11.3 Å². The molecule has 0 aliphatic carbocycles. The van der Waals surface area contributed by atoms with Crippen LogP contribution in [0.3, 0.4) is 0 Å². The van der Waals surface area contributed by atoms with Crippen molar-refractivity contribution >= 4 is 17.2 Å². The first kappa shape index (κ1) is 23.1. The van der Waals surface area contributed by atoms with Crippen LogP contribution in [0.1, 0.15) is 46.8 Å². The molecule has 0 saturated heterocycles. The minimum Gasteiger partial charge on any atom is -0.497 e. The van der Waals surface area contributed by atoms with Gasteiger partial charge in [-0.1, -0.05) is 81.1 Å². The molecule has 0 atom stereocenters. The molecule has 0 aliphatic heterocycles. The molecule has 3 nitrogen and oxygen atoms in total. The Morgan fingerprint density at radius 3 is 2.00 bits per heavy atom. The number of hydrogen-bond donors (Lipinski definition) is 1. The van der Waals surface area contributed by atoms with Crippen molar-refractivity contribution in [3.63, 3.8) is 0 Å². The highest BCUT2D eigenvalue weighted by Crippen LogP contribution is 2.38. The molecule has 0 aliphatic rings. The highest BCUT2D eigenvalue weighted by atomic mass is 16.5. The quantitative estimate of drug-likeness (QED) is 0.314.